The van der Waals surface area contributed by atoms with Crippen molar-refractivity contribution in [2.45, 2.75) is 46.5 Å². The molecular formula is C17H23NO2. The molecule has 0 saturated heterocycles. The normalized spacial score (nSPS) is 11.1. The second-order valence-electron chi connectivity index (χ2n) is 5.36. The van der Waals surface area contributed by atoms with Gasteiger partial charge in [0.05, 0.1) is 6.61 Å². The number of hydrogen-bond acceptors (Lipinski definition) is 3. The van der Waals surface area contributed by atoms with Crippen LogP contribution in [0.5, 0.6) is 5.95 Å². The summed E-state index contributed by atoms with van der Waals surface area (Å²) in [6, 6.07) is 8.54. The largest absolute Gasteiger partial charge is 0.464 e. The molecule has 0 unspecified atom stereocenters. The van der Waals surface area contributed by atoms with Gasteiger partial charge in [0.1, 0.15) is 5.69 Å². The molecule has 0 aliphatic carbocycles. The Morgan fingerprint density at radius 1 is 1.25 bits per heavy atom. The van der Waals surface area contributed by atoms with E-state index in [1.807, 2.05) is 6.92 Å². The summed E-state index contributed by atoms with van der Waals surface area (Å²) in [5, 5.41) is 0. The van der Waals surface area contributed by atoms with Gasteiger partial charge >= 0.3 is 5.95 Å². The van der Waals surface area contributed by atoms with Gasteiger partial charge in [0.15, 0.2) is 5.89 Å². The first-order valence-electron chi connectivity index (χ1n) is 7.28. The third-order valence-electron chi connectivity index (χ3n) is 3.20. The first-order valence-corrected chi connectivity index (χ1v) is 7.28. The lowest BCUT2D eigenvalue weighted by Crippen LogP contribution is -1.96. The fraction of sp³-hybridized carbons (Fsp3) is 0.471. The Kier molecular flexibility index (Phi) is 4.83. The van der Waals surface area contributed by atoms with E-state index in [1.54, 1.807) is 0 Å². The van der Waals surface area contributed by atoms with Gasteiger partial charge in [-0.3, -0.25) is 0 Å². The van der Waals surface area contributed by atoms with Crippen molar-refractivity contribution in [2.75, 3.05) is 6.61 Å². The molecule has 0 radical (unpaired) electrons. The van der Waals surface area contributed by atoms with E-state index in [-0.39, 0.29) is 0 Å². The zero-order chi connectivity index (χ0) is 14.5. The topological polar surface area (TPSA) is 35.3 Å². The number of nitrogens with zero attached hydrogens (tertiary/aromatic N) is 1. The molecule has 3 heteroatoms. The SMILES string of the molecule is CCOc1oc(CCc2cccc(C)c2)nc1C(C)C. The lowest BCUT2D eigenvalue weighted by atomic mass is 10.1. The van der Waals surface area contributed by atoms with E-state index < -0.39 is 0 Å². The van der Waals surface area contributed by atoms with Crippen molar-refractivity contribution in [3.8, 4) is 5.95 Å². The molecule has 0 fully saturated rings. The van der Waals surface area contributed by atoms with Gasteiger partial charge in [-0.1, -0.05) is 43.7 Å². The highest BCUT2D eigenvalue weighted by atomic mass is 16.6. The van der Waals surface area contributed by atoms with Crippen LogP contribution in [0.1, 0.15) is 49.4 Å². The van der Waals surface area contributed by atoms with Crippen LogP contribution in [0, 0.1) is 6.92 Å². The minimum absolute atomic E-state index is 0.313. The van der Waals surface area contributed by atoms with Crippen molar-refractivity contribution in [3.63, 3.8) is 0 Å². The molecule has 0 N–H and O–H groups in total. The number of aromatic nitrogens is 1. The zero-order valence-electron chi connectivity index (χ0n) is 12.8. The highest BCUT2D eigenvalue weighted by Gasteiger charge is 2.17. The highest BCUT2D eigenvalue weighted by molar-refractivity contribution is 5.23. The Hall–Kier alpha value is -1.77. The van der Waals surface area contributed by atoms with E-state index in [0.29, 0.717) is 18.5 Å². The molecule has 0 atom stereocenters. The molecule has 1 aromatic carbocycles. The number of oxazole rings is 1. The van der Waals surface area contributed by atoms with Crippen LogP contribution in [-0.2, 0) is 12.8 Å². The molecule has 20 heavy (non-hydrogen) atoms. The Balaban J connectivity index is 2.07. The van der Waals surface area contributed by atoms with Gasteiger partial charge in [0.2, 0.25) is 0 Å². The molecule has 1 heterocycles. The monoisotopic (exact) mass is 273 g/mol. The van der Waals surface area contributed by atoms with Crippen molar-refractivity contribution in [2.24, 2.45) is 0 Å². The smallest absolute Gasteiger partial charge is 0.308 e. The summed E-state index contributed by atoms with van der Waals surface area (Å²) in [7, 11) is 0. The van der Waals surface area contributed by atoms with Gasteiger partial charge in [-0.2, -0.15) is 0 Å². The van der Waals surface area contributed by atoms with E-state index in [2.05, 4.69) is 50.0 Å². The van der Waals surface area contributed by atoms with Crippen LogP contribution < -0.4 is 4.74 Å². The minimum Gasteiger partial charge on any atom is -0.464 e. The quantitative estimate of drug-likeness (QED) is 0.787. The molecular weight excluding hydrogens is 250 g/mol. The molecule has 3 nitrogen and oxygen atoms in total. The lowest BCUT2D eigenvalue weighted by molar-refractivity contribution is 0.246. The molecule has 0 saturated carbocycles. The first kappa shape index (κ1) is 14.6. The van der Waals surface area contributed by atoms with E-state index in [1.165, 1.54) is 11.1 Å². The lowest BCUT2D eigenvalue weighted by Gasteiger charge is -2.02. The van der Waals surface area contributed by atoms with Crippen molar-refractivity contribution < 1.29 is 9.15 Å². The Labute approximate surface area is 121 Å². The van der Waals surface area contributed by atoms with Crippen molar-refractivity contribution in [3.05, 3.63) is 47.0 Å². The fourth-order valence-electron chi connectivity index (χ4n) is 2.19. The van der Waals surface area contributed by atoms with Crippen LogP contribution in [-0.4, -0.2) is 11.6 Å². The van der Waals surface area contributed by atoms with Gasteiger partial charge in [-0.25, -0.2) is 4.98 Å². The van der Waals surface area contributed by atoms with Gasteiger partial charge in [-0.05, 0) is 25.8 Å². The highest BCUT2D eigenvalue weighted by Crippen LogP contribution is 2.27. The van der Waals surface area contributed by atoms with Gasteiger partial charge in [0.25, 0.3) is 0 Å². The summed E-state index contributed by atoms with van der Waals surface area (Å²) >= 11 is 0. The maximum absolute atomic E-state index is 5.74. The maximum Gasteiger partial charge on any atom is 0.308 e. The third kappa shape index (κ3) is 3.62. The molecule has 2 rings (SSSR count). The number of aryl methyl sites for hydroxylation is 3. The standard InChI is InChI=1S/C17H23NO2/c1-5-19-17-16(12(2)3)18-15(20-17)10-9-14-8-6-7-13(4)11-14/h6-8,11-12H,5,9-10H2,1-4H3. The van der Waals surface area contributed by atoms with Crippen molar-refractivity contribution in [1.82, 2.24) is 4.98 Å². The third-order valence-corrected chi connectivity index (χ3v) is 3.20. The van der Waals surface area contributed by atoms with Crippen molar-refractivity contribution >= 4 is 0 Å². The zero-order valence-corrected chi connectivity index (χ0v) is 12.8. The van der Waals surface area contributed by atoms with E-state index in [0.717, 1.165) is 24.4 Å². The number of benzene rings is 1. The van der Waals surface area contributed by atoms with Crippen LogP contribution in [0.4, 0.5) is 0 Å². The summed E-state index contributed by atoms with van der Waals surface area (Å²) in [6.07, 6.45) is 1.74. The maximum atomic E-state index is 5.74. The molecule has 0 aliphatic rings. The van der Waals surface area contributed by atoms with E-state index in [9.17, 15) is 0 Å². The first-order chi connectivity index (χ1) is 9.60. The van der Waals surface area contributed by atoms with Crippen LogP contribution in [0.25, 0.3) is 0 Å². The second kappa shape index (κ2) is 6.60. The molecule has 0 amide bonds. The minimum atomic E-state index is 0.313. The van der Waals surface area contributed by atoms with Gasteiger partial charge in [0, 0.05) is 12.3 Å². The number of ether oxygens (including phenoxy) is 1. The average molecular weight is 273 g/mol. The fourth-order valence-corrected chi connectivity index (χ4v) is 2.19. The molecule has 108 valence electrons. The molecule has 0 bridgehead atoms. The summed E-state index contributed by atoms with van der Waals surface area (Å²) in [5.74, 6) is 1.66. The van der Waals surface area contributed by atoms with E-state index >= 15 is 0 Å². The summed E-state index contributed by atoms with van der Waals surface area (Å²) < 4.78 is 11.3. The molecule has 0 spiro atoms. The second-order valence-corrected chi connectivity index (χ2v) is 5.36. The predicted octanol–water partition coefficient (Wildman–Crippen LogP) is 4.29. The van der Waals surface area contributed by atoms with Crippen LogP contribution in [0.3, 0.4) is 0 Å². The number of hydrogen-bond donors (Lipinski definition) is 0. The molecule has 1 aromatic heterocycles. The average Bonchev–Trinajstić information content (AvgIpc) is 2.80. The molecule has 2 aromatic rings. The Morgan fingerprint density at radius 2 is 2.05 bits per heavy atom. The van der Waals surface area contributed by atoms with Crippen molar-refractivity contribution in [1.29, 1.82) is 0 Å². The van der Waals surface area contributed by atoms with Gasteiger partial charge in [-0.15, -0.1) is 0 Å². The Bertz CT molecular complexity index is 558. The van der Waals surface area contributed by atoms with Gasteiger partial charge < -0.3 is 9.15 Å². The van der Waals surface area contributed by atoms with Crippen LogP contribution in [0.15, 0.2) is 28.7 Å². The summed E-state index contributed by atoms with van der Waals surface area (Å²) in [6.45, 7) is 8.87. The predicted molar refractivity (Wildman–Crippen MR) is 80.3 cm³/mol. The summed E-state index contributed by atoms with van der Waals surface area (Å²) in [5.41, 5.74) is 3.52. The van der Waals surface area contributed by atoms with Crippen LogP contribution >= 0.6 is 0 Å². The Morgan fingerprint density at radius 3 is 2.70 bits per heavy atom. The van der Waals surface area contributed by atoms with Crippen LogP contribution in [0.2, 0.25) is 0 Å². The molecule has 0 aliphatic heterocycles. The summed E-state index contributed by atoms with van der Waals surface area (Å²) in [4.78, 5) is 4.57. The number of rotatable bonds is 6. The van der Waals surface area contributed by atoms with E-state index in [4.69, 9.17) is 9.15 Å².